The van der Waals surface area contributed by atoms with E-state index >= 15 is 0 Å². The lowest BCUT2D eigenvalue weighted by Crippen LogP contribution is -2.33. The van der Waals surface area contributed by atoms with Crippen molar-refractivity contribution < 1.29 is 9.84 Å². The van der Waals surface area contributed by atoms with Gasteiger partial charge in [-0.2, -0.15) is 0 Å². The molecule has 3 nitrogen and oxygen atoms in total. The molecule has 1 atom stereocenters. The lowest BCUT2D eigenvalue weighted by molar-refractivity contribution is 0.183. The van der Waals surface area contributed by atoms with Crippen molar-refractivity contribution >= 4 is 0 Å². The zero-order valence-electron chi connectivity index (χ0n) is 10.7. The van der Waals surface area contributed by atoms with E-state index in [1.807, 2.05) is 18.2 Å². The fourth-order valence-corrected chi connectivity index (χ4v) is 2.50. The van der Waals surface area contributed by atoms with E-state index in [9.17, 15) is 0 Å². The summed E-state index contributed by atoms with van der Waals surface area (Å²) in [6, 6.07) is 8.25. The van der Waals surface area contributed by atoms with Crippen LogP contribution in [0.15, 0.2) is 36.9 Å². The van der Waals surface area contributed by atoms with Crippen LogP contribution in [0, 0.1) is 0 Å². The van der Waals surface area contributed by atoms with Gasteiger partial charge < -0.3 is 9.84 Å². The van der Waals surface area contributed by atoms with E-state index in [1.165, 1.54) is 5.56 Å². The molecule has 0 aliphatic carbocycles. The molecule has 1 N–H and O–H groups in total. The summed E-state index contributed by atoms with van der Waals surface area (Å²) >= 11 is 0. The van der Waals surface area contributed by atoms with Crippen LogP contribution >= 0.6 is 0 Å². The molecule has 0 saturated carbocycles. The summed E-state index contributed by atoms with van der Waals surface area (Å²) in [5, 5.41) is 9.09. The van der Waals surface area contributed by atoms with Crippen molar-refractivity contribution in [1.29, 1.82) is 0 Å². The first-order chi connectivity index (χ1) is 8.85. The van der Waals surface area contributed by atoms with E-state index in [0.717, 1.165) is 31.9 Å². The van der Waals surface area contributed by atoms with Gasteiger partial charge in [-0.15, -0.1) is 6.58 Å². The standard InChI is InChI=1S/C15H21NO2/c1-2-8-16(9-10-17)12-13-7-11-18-15-6-4-3-5-14(13)15/h2-6,13,17H,1,7-12H2. The van der Waals surface area contributed by atoms with Crippen LogP contribution < -0.4 is 4.74 Å². The van der Waals surface area contributed by atoms with Gasteiger partial charge >= 0.3 is 0 Å². The first-order valence-corrected chi connectivity index (χ1v) is 6.51. The average Bonchev–Trinajstić information content (AvgIpc) is 2.40. The predicted molar refractivity (Wildman–Crippen MR) is 73.0 cm³/mol. The van der Waals surface area contributed by atoms with E-state index in [2.05, 4.69) is 23.6 Å². The largest absolute Gasteiger partial charge is 0.493 e. The minimum absolute atomic E-state index is 0.193. The molecular weight excluding hydrogens is 226 g/mol. The van der Waals surface area contributed by atoms with Crippen molar-refractivity contribution in [3.8, 4) is 5.75 Å². The number of aliphatic hydroxyl groups excluding tert-OH is 1. The quantitative estimate of drug-likeness (QED) is 0.781. The molecule has 0 spiro atoms. The molecule has 1 aromatic carbocycles. The van der Waals surface area contributed by atoms with Gasteiger partial charge in [0, 0.05) is 25.6 Å². The molecule has 3 heteroatoms. The zero-order chi connectivity index (χ0) is 12.8. The lowest BCUT2D eigenvalue weighted by atomic mass is 9.92. The van der Waals surface area contributed by atoms with Crippen LogP contribution in [0.1, 0.15) is 17.9 Å². The van der Waals surface area contributed by atoms with Crippen LogP contribution in [0.25, 0.3) is 0 Å². The second kappa shape index (κ2) is 6.57. The van der Waals surface area contributed by atoms with Crippen LogP contribution in [0.3, 0.4) is 0 Å². The molecule has 98 valence electrons. The Balaban J connectivity index is 2.07. The highest BCUT2D eigenvalue weighted by Crippen LogP contribution is 2.33. The first kappa shape index (κ1) is 13.1. The van der Waals surface area contributed by atoms with Gasteiger partial charge in [0.15, 0.2) is 0 Å². The number of nitrogens with zero attached hydrogens (tertiary/aromatic N) is 1. The number of fused-ring (bicyclic) bond motifs is 1. The number of ether oxygens (including phenoxy) is 1. The fraction of sp³-hybridized carbons (Fsp3) is 0.467. The predicted octanol–water partition coefficient (Wildman–Crippen LogP) is 2.03. The molecule has 1 aliphatic rings. The van der Waals surface area contributed by atoms with Crippen molar-refractivity contribution in [2.45, 2.75) is 12.3 Å². The van der Waals surface area contributed by atoms with Crippen molar-refractivity contribution in [2.24, 2.45) is 0 Å². The normalized spacial score (nSPS) is 18.2. The van der Waals surface area contributed by atoms with E-state index in [0.29, 0.717) is 12.5 Å². The van der Waals surface area contributed by atoms with E-state index in [1.54, 1.807) is 0 Å². The molecule has 0 amide bonds. The van der Waals surface area contributed by atoms with E-state index < -0.39 is 0 Å². The summed E-state index contributed by atoms with van der Waals surface area (Å²) in [5.74, 6) is 1.50. The summed E-state index contributed by atoms with van der Waals surface area (Å²) in [4.78, 5) is 2.24. The number of rotatable bonds is 6. The summed E-state index contributed by atoms with van der Waals surface area (Å²) in [6.45, 7) is 7.22. The number of benzene rings is 1. The van der Waals surface area contributed by atoms with Crippen LogP contribution in [-0.2, 0) is 0 Å². The monoisotopic (exact) mass is 247 g/mol. The number of hydrogen-bond donors (Lipinski definition) is 1. The minimum Gasteiger partial charge on any atom is -0.493 e. The summed E-state index contributed by atoms with van der Waals surface area (Å²) in [6.07, 6.45) is 2.93. The molecule has 1 unspecified atom stereocenters. The molecule has 0 fully saturated rings. The van der Waals surface area contributed by atoms with Crippen LogP contribution in [0.2, 0.25) is 0 Å². The van der Waals surface area contributed by atoms with Crippen molar-refractivity contribution in [3.63, 3.8) is 0 Å². The lowest BCUT2D eigenvalue weighted by Gasteiger charge is -2.30. The molecule has 0 saturated heterocycles. The smallest absolute Gasteiger partial charge is 0.122 e. The van der Waals surface area contributed by atoms with Gasteiger partial charge in [0.05, 0.1) is 13.2 Å². The molecule has 0 radical (unpaired) electrons. The molecule has 1 aliphatic heterocycles. The third kappa shape index (κ3) is 3.12. The maximum absolute atomic E-state index is 9.09. The second-order valence-electron chi connectivity index (χ2n) is 4.64. The van der Waals surface area contributed by atoms with Crippen molar-refractivity contribution in [1.82, 2.24) is 4.90 Å². The molecule has 18 heavy (non-hydrogen) atoms. The van der Waals surface area contributed by atoms with Crippen LogP contribution in [0.5, 0.6) is 5.75 Å². The van der Waals surface area contributed by atoms with Gasteiger partial charge in [-0.1, -0.05) is 24.3 Å². The molecule has 1 heterocycles. The number of aliphatic hydroxyl groups is 1. The Morgan fingerprint density at radius 2 is 2.28 bits per heavy atom. The van der Waals surface area contributed by atoms with Crippen LogP contribution in [0.4, 0.5) is 0 Å². The van der Waals surface area contributed by atoms with Gasteiger partial charge in [-0.25, -0.2) is 0 Å². The molecule has 1 aromatic rings. The number of hydrogen-bond acceptors (Lipinski definition) is 3. The highest BCUT2D eigenvalue weighted by molar-refractivity contribution is 5.37. The van der Waals surface area contributed by atoms with Gasteiger partial charge in [-0.3, -0.25) is 4.90 Å². The first-order valence-electron chi connectivity index (χ1n) is 6.51. The Bertz CT molecular complexity index is 392. The third-order valence-corrected chi connectivity index (χ3v) is 3.36. The highest BCUT2D eigenvalue weighted by Gasteiger charge is 2.22. The van der Waals surface area contributed by atoms with Crippen molar-refractivity contribution in [3.05, 3.63) is 42.5 Å². The molecular formula is C15H21NO2. The zero-order valence-corrected chi connectivity index (χ0v) is 10.7. The minimum atomic E-state index is 0.193. The average molecular weight is 247 g/mol. The summed E-state index contributed by atoms with van der Waals surface area (Å²) in [7, 11) is 0. The Morgan fingerprint density at radius 1 is 1.44 bits per heavy atom. The maximum Gasteiger partial charge on any atom is 0.122 e. The van der Waals surface area contributed by atoms with Gasteiger partial charge in [0.1, 0.15) is 5.75 Å². The van der Waals surface area contributed by atoms with Gasteiger partial charge in [-0.05, 0) is 18.1 Å². The Morgan fingerprint density at radius 3 is 3.06 bits per heavy atom. The summed E-state index contributed by atoms with van der Waals surface area (Å²) < 4.78 is 5.67. The van der Waals surface area contributed by atoms with E-state index in [-0.39, 0.29) is 6.61 Å². The SMILES string of the molecule is C=CCN(CCO)CC1CCOc2ccccc21. The van der Waals surface area contributed by atoms with Gasteiger partial charge in [0.25, 0.3) is 0 Å². The molecule has 0 aromatic heterocycles. The second-order valence-corrected chi connectivity index (χ2v) is 4.64. The van der Waals surface area contributed by atoms with Crippen LogP contribution in [-0.4, -0.2) is 42.9 Å². The Hall–Kier alpha value is -1.32. The Kier molecular flexibility index (Phi) is 4.79. The summed E-state index contributed by atoms with van der Waals surface area (Å²) in [5.41, 5.74) is 1.29. The molecule has 0 bridgehead atoms. The highest BCUT2D eigenvalue weighted by atomic mass is 16.5. The maximum atomic E-state index is 9.09. The topological polar surface area (TPSA) is 32.7 Å². The van der Waals surface area contributed by atoms with Crippen molar-refractivity contribution in [2.75, 3.05) is 32.8 Å². The number of para-hydroxylation sites is 1. The third-order valence-electron chi connectivity index (χ3n) is 3.36. The van der Waals surface area contributed by atoms with Gasteiger partial charge in [0.2, 0.25) is 0 Å². The molecule has 2 rings (SSSR count). The van der Waals surface area contributed by atoms with E-state index in [4.69, 9.17) is 9.84 Å². The fourth-order valence-electron chi connectivity index (χ4n) is 2.50. The Labute approximate surface area is 109 Å².